The highest BCUT2D eigenvalue weighted by Crippen LogP contribution is 2.29. The van der Waals surface area contributed by atoms with Gasteiger partial charge in [-0.25, -0.2) is 0 Å². The maximum absolute atomic E-state index is 12.7. The third kappa shape index (κ3) is 4.40. The van der Waals surface area contributed by atoms with E-state index < -0.39 is 36.7 Å². The monoisotopic (exact) mass is 281 g/mol. The van der Waals surface area contributed by atoms with Gasteiger partial charge in [0.05, 0.1) is 6.42 Å². The van der Waals surface area contributed by atoms with Crippen LogP contribution in [0.4, 0.5) is 17.6 Å². The van der Waals surface area contributed by atoms with Crippen LogP contribution in [0.3, 0.4) is 0 Å². The molecule has 0 aliphatic carbocycles. The first-order valence-electron chi connectivity index (χ1n) is 5.14. The zero-order valence-electron chi connectivity index (χ0n) is 9.52. The number of benzene rings is 1. The van der Waals surface area contributed by atoms with Crippen LogP contribution in [0, 0.1) is 0 Å². The van der Waals surface area contributed by atoms with Gasteiger partial charge in [-0.2, -0.15) is 17.6 Å². The fraction of sp³-hybridized carbons (Fsp3) is 0.364. The van der Waals surface area contributed by atoms with Crippen molar-refractivity contribution in [2.24, 2.45) is 5.73 Å². The first-order chi connectivity index (χ1) is 8.72. The molecule has 0 fully saturated rings. The molecule has 1 aromatic carbocycles. The number of hydrogen-bond donors (Lipinski definition) is 2. The molecule has 4 nitrogen and oxygen atoms in total. The van der Waals surface area contributed by atoms with Crippen molar-refractivity contribution < 1.29 is 32.2 Å². The van der Waals surface area contributed by atoms with E-state index in [0.29, 0.717) is 0 Å². The first-order valence-corrected chi connectivity index (χ1v) is 5.14. The molecule has 1 rings (SSSR count). The zero-order valence-corrected chi connectivity index (χ0v) is 9.52. The molecule has 8 heteroatoms. The topological polar surface area (TPSA) is 72.6 Å². The molecule has 0 unspecified atom stereocenters. The Kier molecular flexibility index (Phi) is 4.71. The van der Waals surface area contributed by atoms with Gasteiger partial charge < -0.3 is 15.6 Å². The van der Waals surface area contributed by atoms with E-state index in [9.17, 15) is 22.4 Å². The number of ether oxygens (including phenoxy) is 1. The Morgan fingerprint density at radius 3 is 2.58 bits per heavy atom. The molecule has 0 spiro atoms. The van der Waals surface area contributed by atoms with Gasteiger partial charge in [-0.15, -0.1) is 0 Å². The van der Waals surface area contributed by atoms with Crippen LogP contribution in [0.15, 0.2) is 24.3 Å². The molecule has 1 atom stereocenters. The van der Waals surface area contributed by atoms with Gasteiger partial charge in [-0.3, -0.25) is 4.79 Å². The quantitative estimate of drug-likeness (QED) is 0.785. The number of halogens is 4. The van der Waals surface area contributed by atoms with Crippen LogP contribution >= 0.6 is 0 Å². The molecule has 1 aromatic rings. The van der Waals surface area contributed by atoms with Gasteiger partial charge in [-0.1, -0.05) is 12.1 Å². The standard InChI is InChI=1S/C11H11F4NO3/c12-10(13)11(14,15)19-7-3-1-2-6(4-7)8(16)5-9(17)18/h1-4,8,10H,5,16H2,(H,17,18)/t8-/m1/s1. The molecular weight excluding hydrogens is 270 g/mol. The summed E-state index contributed by atoms with van der Waals surface area (Å²) in [5.41, 5.74) is 5.72. The van der Waals surface area contributed by atoms with Crippen molar-refractivity contribution in [1.29, 1.82) is 0 Å². The number of alkyl halides is 4. The summed E-state index contributed by atoms with van der Waals surface area (Å²) < 4.78 is 53.1. The molecular formula is C11H11F4NO3. The Labute approximate surface area is 105 Å². The lowest BCUT2D eigenvalue weighted by Crippen LogP contribution is -2.33. The van der Waals surface area contributed by atoms with E-state index >= 15 is 0 Å². The van der Waals surface area contributed by atoms with Gasteiger partial charge in [0.1, 0.15) is 5.75 Å². The van der Waals surface area contributed by atoms with E-state index in [1.54, 1.807) is 0 Å². The van der Waals surface area contributed by atoms with E-state index in [-0.39, 0.29) is 5.56 Å². The highest BCUT2D eigenvalue weighted by Gasteiger charge is 2.44. The van der Waals surface area contributed by atoms with Crippen molar-refractivity contribution in [3.63, 3.8) is 0 Å². The van der Waals surface area contributed by atoms with E-state index in [1.165, 1.54) is 12.1 Å². The van der Waals surface area contributed by atoms with Crippen molar-refractivity contribution in [2.45, 2.75) is 25.0 Å². The molecule has 0 aromatic heterocycles. The van der Waals surface area contributed by atoms with Gasteiger partial charge in [0.2, 0.25) is 0 Å². The Balaban J connectivity index is 2.86. The van der Waals surface area contributed by atoms with Crippen LogP contribution in [-0.2, 0) is 4.79 Å². The number of hydrogen-bond acceptors (Lipinski definition) is 3. The molecule has 0 heterocycles. The highest BCUT2D eigenvalue weighted by molar-refractivity contribution is 5.67. The number of carboxylic acids is 1. The second kappa shape index (κ2) is 5.87. The van der Waals surface area contributed by atoms with Crippen LogP contribution in [0.1, 0.15) is 18.0 Å². The third-order valence-electron chi connectivity index (χ3n) is 2.19. The molecule has 0 aliphatic heterocycles. The van der Waals surface area contributed by atoms with Gasteiger partial charge in [0.15, 0.2) is 0 Å². The van der Waals surface area contributed by atoms with Crippen LogP contribution in [-0.4, -0.2) is 23.6 Å². The number of aliphatic carboxylic acids is 1. The first kappa shape index (κ1) is 15.2. The second-order valence-corrected chi connectivity index (χ2v) is 3.74. The fourth-order valence-corrected chi connectivity index (χ4v) is 1.32. The van der Waals surface area contributed by atoms with Crippen LogP contribution in [0.25, 0.3) is 0 Å². The summed E-state index contributed by atoms with van der Waals surface area (Å²) in [5, 5.41) is 8.54. The predicted molar refractivity (Wildman–Crippen MR) is 57.2 cm³/mol. The van der Waals surface area contributed by atoms with E-state index in [4.69, 9.17) is 10.8 Å². The molecule has 0 saturated carbocycles. The summed E-state index contributed by atoms with van der Waals surface area (Å²) in [6.07, 6.45) is -9.01. The van der Waals surface area contributed by atoms with Gasteiger partial charge >= 0.3 is 18.5 Å². The summed E-state index contributed by atoms with van der Waals surface area (Å²) in [5.74, 6) is -1.68. The molecule has 0 aliphatic rings. The molecule has 106 valence electrons. The fourth-order valence-electron chi connectivity index (χ4n) is 1.32. The molecule has 0 bridgehead atoms. The maximum atomic E-state index is 12.7. The van der Waals surface area contributed by atoms with Crippen molar-refractivity contribution in [3.05, 3.63) is 29.8 Å². The Bertz CT molecular complexity index is 453. The average Bonchev–Trinajstić information content (AvgIpc) is 2.27. The molecule has 0 amide bonds. The van der Waals surface area contributed by atoms with Gasteiger partial charge in [-0.05, 0) is 17.7 Å². The Morgan fingerprint density at radius 2 is 2.05 bits per heavy atom. The van der Waals surface area contributed by atoms with E-state index in [2.05, 4.69) is 4.74 Å². The highest BCUT2D eigenvalue weighted by atomic mass is 19.3. The summed E-state index contributed by atoms with van der Waals surface area (Å²) >= 11 is 0. The Hall–Kier alpha value is -1.83. The average molecular weight is 281 g/mol. The lowest BCUT2D eigenvalue weighted by molar-refractivity contribution is -0.253. The van der Waals surface area contributed by atoms with Gasteiger partial charge in [0.25, 0.3) is 0 Å². The molecule has 19 heavy (non-hydrogen) atoms. The minimum absolute atomic E-state index is 0.199. The normalized spacial score (nSPS) is 13.4. The minimum Gasteiger partial charge on any atom is -0.481 e. The minimum atomic E-state index is -4.62. The molecule has 0 radical (unpaired) electrons. The number of carboxylic acid groups (broad SMARTS) is 1. The van der Waals surface area contributed by atoms with Gasteiger partial charge in [0, 0.05) is 6.04 Å². The molecule has 3 N–H and O–H groups in total. The smallest absolute Gasteiger partial charge is 0.461 e. The number of carbonyl (C=O) groups is 1. The second-order valence-electron chi connectivity index (χ2n) is 3.74. The van der Waals surface area contributed by atoms with Crippen molar-refractivity contribution in [2.75, 3.05) is 0 Å². The third-order valence-corrected chi connectivity index (χ3v) is 2.19. The number of nitrogens with two attached hydrogens (primary N) is 1. The van der Waals surface area contributed by atoms with Crippen molar-refractivity contribution >= 4 is 5.97 Å². The summed E-state index contributed by atoms with van der Waals surface area (Å²) in [4.78, 5) is 10.5. The van der Waals surface area contributed by atoms with Crippen LogP contribution < -0.4 is 10.5 Å². The maximum Gasteiger partial charge on any atom is 0.461 e. The zero-order chi connectivity index (χ0) is 14.6. The Morgan fingerprint density at radius 1 is 1.42 bits per heavy atom. The largest absolute Gasteiger partial charge is 0.481 e. The number of rotatable bonds is 6. The molecule has 0 saturated heterocycles. The lowest BCUT2D eigenvalue weighted by Gasteiger charge is -2.18. The van der Waals surface area contributed by atoms with Crippen molar-refractivity contribution in [3.8, 4) is 5.75 Å². The summed E-state index contributed by atoms with van der Waals surface area (Å²) in [7, 11) is 0. The van der Waals surface area contributed by atoms with E-state index in [1.807, 2.05) is 0 Å². The summed E-state index contributed by atoms with van der Waals surface area (Å²) in [6.45, 7) is 0. The van der Waals surface area contributed by atoms with Crippen LogP contribution in [0.5, 0.6) is 5.75 Å². The lowest BCUT2D eigenvalue weighted by atomic mass is 10.0. The van der Waals surface area contributed by atoms with Crippen molar-refractivity contribution in [1.82, 2.24) is 0 Å². The summed E-state index contributed by atoms with van der Waals surface area (Å²) in [6, 6.07) is 3.76. The van der Waals surface area contributed by atoms with Crippen LogP contribution in [0.2, 0.25) is 0 Å². The van der Waals surface area contributed by atoms with E-state index in [0.717, 1.165) is 12.1 Å². The SMILES string of the molecule is N[C@H](CC(=O)O)c1cccc(OC(F)(F)C(F)F)c1. The predicted octanol–water partition coefficient (Wildman–Crippen LogP) is 2.40.